The zero-order valence-corrected chi connectivity index (χ0v) is 10.8. The Morgan fingerprint density at radius 1 is 1.31 bits per heavy atom. The largest absolute Gasteiger partial charge is 0.396 e. The fourth-order valence-corrected chi connectivity index (χ4v) is 1.93. The van der Waals surface area contributed by atoms with E-state index in [2.05, 4.69) is 50.9 Å². The normalized spacial score (nSPS) is 12.6. The zero-order valence-electron chi connectivity index (χ0n) is 10.8. The first kappa shape index (κ1) is 13.0. The van der Waals surface area contributed by atoms with E-state index in [1.54, 1.807) is 0 Å². The summed E-state index contributed by atoms with van der Waals surface area (Å²) in [5.41, 5.74) is 3.84. The molecule has 0 aromatic heterocycles. The Hall–Kier alpha value is -1.02. The second-order valence-corrected chi connectivity index (χ2v) is 4.63. The number of aliphatic hydroxyl groups excluding tert-OH is 1. The predicted octanol–water partition coefficient (Wildman–Crippen LogP) is 2.76. The Morgan fingerprint density at radius 2 is 2.00 bits per heavy atom. The molecule has 2 nitrogen and oxygen atoms in total. The number of benzene rings is 1. The van der Waals surface area contributed by atoms with Crippen molar-refractivity contribution in [1.29, 1.82) is 0 Å². The van der Waals surface area contributed by atoms with Crippen LogP contribution in [0.25, 0.3) is 0 Å². The molecule has 0 aliphatic rings. The Balaban J connectivity index is 2.79. The highest BCUT2D eigenvalue weighted by Crippen LogP contribution is 2.21. The number of aliphatic hydroxyl groups is 1. The van der Waals surface area contributed by atoms with Gasteiger partial charge in [0.25, 0.3) is 0 Å². The highest BCUT2D eigenvalue weighted by molar-refractivity contribution is 5.54. The fourth-order valence-electron chi connectivity index (χ4n) is 1.93. The van der Waals surface area contributed by atoms with Crippen molar-refractivity contribution in [2.75, 3.05) is 25.1 Å². The molecule has 0 radical (unpaired) electrons. The summed E-state index contributed by atoms with van der Waals surface area (Å²) in [7, 11) is 2.10. The molecule has 1 unspecified atom stereocenters. The number of nitrogens with zero attached hydrogens (tertiary/aromatic N) is 1. The van der Waals surface area contributed by atoms with E-state index >= 15 is 0 Å². The molecule has 0 aliphatic carbocycles. The van der Waals surface area contributed by atoms with Gasteiger partial charge in [0.1, 0.15) is 0 Å². The molecule has 0 saturated carbocycles. The Bertz CT molecular complexity index is 332. The molecule has 1 aromatic rings. The first-order valence-electron chi connectivity index (χ1n) is 5.97. The second-order valence-electron chi connectivity index (χ2n) is 4.63. The lowest BCUT2D eigenvalue weighted by molar-refractivity contribution is 0.225. The van der Waals surface area contributed by atoms with Crippen LogP contribution in [0, 0.1) is 19.8 Å². The van der Waals surface area contributed by atoms with Gasteiger partial charge in [-0.25, -0.2) is 0 Å². The smallest absolute Gasteiger partial charge is 0.0476 e. The minimum Gasteiger partial charge on any atom is -0.396 e. The highest BCUT2D eigenvalue weighted by atomic mass is 16.3. The molecule has 1 atom stereocenters. The lowest BCUT2D eigenvalue weighted by Crippen LogP contribution is -2.27. The van der Waals surface area contributed by atoms with Crippen molar-refractivity contribution < 1.29 is 5.11 Å². The summed E-state index contributed by atoms with van der Waals surface area (Å²) in [6.45, 7) is 7.55. The molecule has 0 saturated heterocycles. The van der Waals surface area contributed by atoms with Crippen molar-refractivity contribution in [3.05, 3.63) is 29.3 Å². The van der Waals surface area contributed by atoms with Crippen LogP contribution in [0.5, 0.6) is 0 Å². The molecule has 0 bridgehead atoms. The number of hydrogen-bond acceptors (Lipinski definition) is 2. The third-order valence-corrected chi connectivity index (χ3v) is 3.14. The Kier molecular flexibility index (Phi) is 4.81. The summed E-state index contributed by atoms with van der Waals surface area (Å²) in [6.07, 6.45) is 1.02. The van der Waals surface area contributed by atoms with Crippen molar-refractivity contribution in [1.82, 2.24) is 0 Å². The molecule has 0 amide bonds. The second kappa shape index (κ2) is 5.90. The van der Waals surface area contributed by atoms with Crippen molar-refractivity contribution in [2.45, 2.75) is 27.2 Å². The maximum absolute atomic E-state index is 9.22. The van der Waals surface area contributed by atoms with E-state index in [0.717, 1.165) is 13.0 Å². The van der Waals surface area contributed by atoms with E-state index in [0.29, 0.717) is 5.92 Å². The van der Waals surface area contributed by atoms with Gasteiger partial charge in [0.15, 0.2) is 0 Å². The Morgan fingerprint density at radius 3 is 2.56 bits per heavy atom. The van der Waals surface area contributed by atoms with Crippen LogP contribution < -0.4 is 4.90 Å². The third kappa shape index (κ3) is 3.24. The maximum Gasteiger partial charge on any atom is 0.0476 e. The number of aryl methyl sites for hydroxylation is 2. The van der Waals surface area contributed by atoms with Crippen LogP contribution in [0.3, 0.4) is 0 Å². The molecule has 1 aromatic carbocycles. The predicted molar refractivity (Wildman–Crippen MR) is 70.1 cm³/mol. The minimum atomic E-state index is 0.270. The number of rotatable bonds is 5. The van der Waals surface area contributed by atoms with Crippen LogP contribution >= 0.6 is 0 Å². The minimum absolute atomic E-state index is 0.270. The molecule has 0 heterocycles. The van der Waals surface area contributed by atoms with Gasteiger partial charge in [0.05, 0.1) is 0 Å². The molecule has 90 valence electrons. The molecule has 0 aliphatic heterocycles. The molecule has 2 heteroatoms. The summed E-state index contributed by atoms with van der Waals surface area (Å²) in [4.78, 5) is 2.24. The van der Waals surface area contributed by atoms with Crippen LogP contribution in [-0.4, -0.2) is 25.3 Å². The summed E-state index contributed by atoms with van der Waals surface area (Å²) >= 11 is 0. The molecule has 1 rings (SSSR count). The van der Waals surface area contributed by atoms with Gasteiger partial charge in [-0.2, -0.15) is 0 Å². The molecule has 0 spiro atoms. The standard InChI is InChI=1S/C14H23NO/c1-5-13(10-16)9-15(4)14-8-11(2)6-7-12(14)3/h6-8,13,16H,5,9-10H2,1-4H3. The van der Waals surface area contributed by atoms with Crippen LogP contribution in [0.2, 0.25) is 0 Å². The quantitative estimate of drug-likeness (QED) is 0.826. The van der Waals surface area contributed by atoms with Gasteiger partial charge in [-0.05, 0) is 43.4 Å². The topological polar surface area (TPSA) is 23.5 Å². The zero-order chi connectivity index (χ0) is 12.1. The maximum atomic E-state index is 9.22. The highest BCUT2D eigenvalue weighted by Gasteiger charge is 2.10. The van der Waals surface area contributed by atoms with E-state index in [1.807, 2.05) is 0 Å². The molecular formula is C14H23NO. The SMILES string of the molecule is CCC(CO)CN(C)c1cc(C)ccc1C. The average Bonchev–Trinajstić information content (AvgIpc) is 2.28. The van der Waals surface area contributed by atoms with Gasteiger partial charge in [-0.15, -0.1) is 0 Å². The van der Waals surface area contributed by atoms with E-state index in [4.69, 9.17) is 0 Å². The van der Waals surface area contributed by atoms with Crippen molar-refractivity contribution in [3.8, 4) is 0 Å². The van der Waals surface area contributed by atoms with Gasteiger partial charge in [0.2, 0.25) is 0 Å². The first-order chi connectivity index (χ1) is 7.58. The van der Waals surface area contributed by atoms with Crippen LogP contribution in [0.4, 0.5) is 5.69 Å². The van der Waals surface area contributed by atoms with Crippen molar-refractivity contribution in [3.63, 3.8) is 0 Å². The van der Waals surface area contributed by atoms with Gasteiger partial charge in [-0.1, -0.05) is 19.1 Å². The first-order valence-corrected chi connectivity index (χ1v) is 5.97. The van der Waals surface area contributed by atoms with E-state index in [1.165, 1.54) is 16.8 Å². The summed E-state index contributed by atoms with van der Waals surface area (Å²) in [6, 6.07) is 6.50. The summed E-state index contributed by atoms with van der Waals surface area (Å²) in [5.74, 6) is 0.366. The Labute approximate surface area is 98.9 Å². The number of hydrogen-bond donors (Lipinski definition) is 1. The third-order valence-electron chi connectivity index (χ3n) is 3.14. The van der Waals surface area contributed by atoms with E-state index in [-0.39, 0.29) is 6.61 Å². The summed E-state index contributed by atoms with van der Waals surface area (Å²) < 4.78 is 0. The van der Waals surface area contributed by atoms with E-state index in [9.17, 15) is 5.11 Å². The summed E-state index contributed by atoms with van der Waals surface area (Å²) in [5, 5.41) is 9.22. The lowest BCUT2D eigenvalue weighted by atomic mass is 10.1. The lowest BCUT2D eigenvalue weighted by Gasteiger charge is -2.25. The monoisotopic (exact) mass is 221 g/mol. The van der Waals surface area contributed by atoms with Gasteiger partial charge in [0, 0.05) is 25.9 Å². The van der Waals surface area contributed by atoms with Gasteiger partial charge in [-0.3, -0.25) is 0 Å². The van der Waals surface area contributed by atoms with Gasteiger partial charge >= 0.3 is 0 Å². The van der Waals surface area contributed by atoms with Crippen LogP contribution in [0.15, 0.2) is 18.2 Å². The average molecular weight is 221 g/mol. The fraction of sp³-hybridized carbons (Fsp3) is 0.571. The molecular weight excluding hydrogens is 198 g/mol. The van der Waals surface area contributed by atoms with E-state index < -0.39 is 0 Å². The molecule has 16 heavy (non-hydrogen) atoms. The number of anilines is 1. The van der Waals surface area contributed by atoms with Gasteiger partial charge < -0.3 is 10.0 Å². The van der Waals surface area contributed by atoms with Crippen molar-refractivity contribution >= 4 is 5.69 Å². The molecule has 0 fully saturated rings. The van der Waals surface area contributed by atoms with Crippen LogP contribution in [-0.2, 0) is 0 Å². The molecule has 1 N–H and O–H groups in total. The van der Waals surface area contributed by atoms with Crippen molar-refractivity contribution in [2.24, 2.45) is 5.92 Å². The van der Waals surface area contributed by atoms with Crippen LogP contribution in [0.1, 0.15) is 24.5 Å².